The molecule has 1 N–H and O–H groups in total. The Morgan fingerprint density at radius 2 is 2.58 bits per heavy atom. The van der Waals surface area contributed by atoms with Gasteiger partial charge in [-0.2, -0.15) is 0 Å². The third-order valence-corrected chi connectivity index (χ3v) is 1.28. The second-order valence-corrected chi connectivity index (χ2v) is 2.33. The monoisotopic (exact) mass is 170 g/mol. The normalized spacial score (nSPS) is 9.83. The summed E-state index contributed by atoms with van der Waals surface area (Å²) >= 11 is 0. The number of carbonyl (C=O) groups is 1. The van der Waals surface area contributed by atoms with Gasteiger partial charge in [-0.1, -0.05) is 5.16 Å². The Balaban J connectivity index is 2.52. The molecular formula is C7H10N2O3. The van der Waals surface area contributed by atoms with Gasteiger partial charge in [-0.25, -0.2) is 0 Å². The first-order valence-electron chi connectivity index (χ1n) is 3.44. The maximum absolute atomic E-state index is 10.9. The number of carbonyl (C=O) groups excluding carboxylic acids is 1. The van der Waals surface area contributed by atoms with Gasteiger partial charge in [0, 0.05) is 12.7 Å². The molecule has 12 heavy (non-hydrogen) atoms. The molecule has 5 heteroatoms. The van der Waals surface area contributed by atoms with Crippen molar-refractivity contribution in [2.45, 2.75) is 6.92 Å². The second kappa shape index (κ2) is 3.87. The summed E-state index contributed by atoms with van der Waals surface area (Å²) in [5.41, 5.74) is 0.791. The smallest absolute Gasteiger partial charge is 0.251 e. The minimum Gasteiger partial charge on any atom is -0.375 e. The number of aromatic nitrogens is 1. The van der Waals surface area contributed by atoms with Crippen LogP contribution in [0.5, 0.6) is 0 Å². The standard InChI is InChI=1S/C7H10N2O3/c1-5-3-12-9-7(5)8-6(10)4-11-2/h3H,4H2,1-2H3,(H,8,9,10). The fourth-order valence-corrected chi connectivity index (χ4v) is 0.707. The number of nitrogens with zero attached hydrogens (tertiary/aromatic N) is 1. The molecule has 0 aliphatic rings. The molecule has 66 valence electrons. The van der Waals surface area contributed by atoms with Crippen LogP contribution in [0, 0.1) is 6.92 Å². The van der Waals surface area contributed by atoms with E-state index in [1.807, 2.05) is 0 Å². The third kappa shape index (κ3) is 2.06. The molecule has 0 saturated carbocycles. The van der Waals surface area contributed by atoms with Gasteiger partial charge in [-0.05, 0) is 6.92 Å². The third-order valence-electron chi connectivity index (χ3n) is 1.28. The van der Waals surface area contributed by atoms with E-state index in [1.54, 1.807) is 6.92 Å². The fraction of sp³-hybridized carbons (Fsp3) is 0.429. The first-order chi connectivity index (χ1) is 5.74. The van der Waals surface area contributed by atoms with Crippen LogP contribution in [0.25, 0.3) is 0 Å². The van der Waals surface area contributed by atoms with E-state index in [0.717, 1.165) is 5.56 Å². The molecule has 0 fully saturated rings. The van der Waals surface area contributed by atoms with Crippen molar-refractivity contribution in [1.82, 2.24) is 5.16 Å². The Morgan fingerprint density at radius 1 is 1.83 bits per heavy atom. The summed E-state index contributed by atoms with van der Waals surface area (Å²) in [6.45, 7) is 1.81. The second-order valence-electron chi connectivity index (χ2n) is 2.33. The Hall–Kier alpha value is -1.36. The first kappa shape index (κ1) is 8.73. The molecule has 0 radical (unpaired) electrons. The molecule has 1 heterocycles. The molecule has 0 aromatic carbocycles. The fourth-order valence-electron chi connectivity index (χ4n) is 0.707. The van der Waals surface area contributed by atoms with Crippen LogP contribution in [0.4, 0.5) is 5.82 Å². The average molecular weight is 170 g/mol. The molecule has 0 aliphatic heterocycles. The van der Waals surface area contributed by atoms with Crippen molar-refractivity contribution in [1.29, 1.82) is 0 Å². The number of hydrogen-bond acceptors (Lipinski definition) is 4. The predicted octanol–water partition coefficient (Wildman–Crippen LogP) is 0.568. The maximum atomic E-state index is 10.9. The Bertz CT molecular complexity index is 269. The van der Waals surface area contributed by atoms with E-state index in [4.69, 9.17) is 0 Å². The summed E-state index contributed by atoms with van der Waals surface area (Å²) in [4.78, 5) is 10.9. The van der Waals surface area contributed by atoms with E-state index in [-0.39, 0.29) is 12.5 Å². The summed E-state index contributed by atoms with van der Waals surface area (Å²) in [5, 5.41) is 6.10. The summed E-state index contributed by atoms with van der Waals surface area (Å²) in [6, 6.07) is 0. The van der Waals surface area contributed by atoms with E-state index in [0.29, 0.717) is 5.82 Å². The van der Waals surface area contributed by atoms with E-state index in [2.05, 4.69) is 19.7 Å². The number of amides is 1. The zero-order chi connectivity index (χ0) is 8.97. The summed E-state index contributed by atoms with van der Waals surface area (Å²) in [7, 11) is 1.45. The highest BCUT2D eigenvalue weighted by Crippen LogP contribution is 2.09. The minimum absolute atomic E-state index is 0.0201. The van der Waals surface area contributed by atoms with Gasteiger partial charge in [0.2, 0.25) is 0 Å². The molecule has 1 amide bonds. The van der Waals surface area contributed by atoms with Crippen molar-refractivity contribution in [2.75, 3.05) is 19.0 Å². The van der Waals surface area contributed by atoms with Crippen LogP contribution < -0.4 is 5.32 Å². The van der Waals surface area contributed by atoms with Crippen molar-refractivity contribution >= 4 is 11.7 Å². The van der Waals surface area contributed by atoms with Gasteiger partial charge >= 0.3 is 0 Å². The van der Waals surface area contributed by atoms with Gasteiger partial charge in [0.25, 0.3) is 5.91 Å². The molecule has 0 unspecified atom stereocenters. The molecule has 0 bridgehead atoms. The maximum Gasteiger partial charge on any atom is 0.251 e. The lowest BCUT2D eigenvalue weighted by Crippen LogP contribution is -2.17. The predicted molar refractivity (Wildman–Crippen MR) is 41.7 cm³/mol. The van der Waals surface area contributed by atoms with Gasteiger partial charge in [0.1, 0.15) is 12.9 Å². The summed E-state index contributed by atoms with van der Waals surface area (Å²) < 4.78 is 9.24. The largest absolute Gasteiger partial charge is 0.375 e. The van der Waals surface area contributed by atoms with Crippen LogP contribution in [-0.4, -0.2) is 24.8 Å². The Morgan fingerprint density at radius 3 is 3.08 bits per heavy atom. The molecule has 1 aromatic heterocycles. The molecule has 1 aromatic rings. The number of methoxy groups -OCH3 is 1. The van der Waals surface area contributed by atoms with Crippen molar-refractivity contribution in [2.24, 2.45) is 0 Å². The average Bonchev–Trinajstić information content (AvgIpc) is 2.37. The Labute approximate surface area is 69.7 Å². The van der Waals surface area contributed by atoms with Crippen molar-refractivity contribution < 1.29 is 14.1 Å². The van der Waals surface area contributed by atoms with Crippen LogP contribution in [-0.2, 0) is 9.53 Å². The first-order valence-corrected chi connectivity index (χ1v) is 3.44. The molecule has 0 atom stereocenters. The zero-order valence-corrected chi connectivity index (χ0v) is 6.96. The van der Waals surface area contributed by atoms with Crippen molar-refractivity contribution in [3.63, 3.8) is 0 Å². The van der Waals surface area contributed by atoms with Crippen molar-refractivity contribution in [3.8, 4) is 0 Å². The zero-order valence-electron chi connectivity index (χ0n) is 6.96. The highest BCUT2D eigenvalue weighted by molar-refractivity contribution is 5.91. The molecule has 0 spiro atoms. The van der Waals surface area contributed by atoms with Crippen LogP contribution in [0.1, 0.15) is 5.56 Å². The van der Waals surface area contributed by atoms with Gasteiger partial charge in [0.05, 0.1) is 0 Å². The van der Waals surface area contributed by atoms with Crippen LogP contribution >= 0.6 is 0 Å². The van der Waals surface area contributed by atoms with Crippen molar-refractivity contribution in [3.05, 3.63) is 11.8 Å². The Kier molecular flexibility index (Phi) is 2.82. The van der Waals surface area contributed by atoms with E-state index >= 15 is 0 Å². The molecule has 1 rings (SSSR count). The van der Waals surface area contributed by atoms with Gasteiger partial charge in [-0.15, -0.1) is 0 Å². The molecular weight excluding hydrogens is 160 g/mol. The molecule has 0 saturated heterocycles. The number of anilines is 1. The highest BCUT2D eigenvalue weighted by Gasteiger charge is 2.06. The van der Waals surface area contributed by atoms with Gasteiger partial charge < -0.3 is 14.6 Å². The quantitative estimate of drug-likeness (QED) is 0.720. The van der Waals surface area contributed by atoms with Gasteiger partial charge in [-0.3, -0.25) is 4.79 Å². The lowest BCUT2D eigenvalue weighted by molar-refractivity contribution is -0.119. The number of hydrogen-bond donors (Lipinski definition) is 1. The van der Waals surface area contributed by atoms with Crippen LogP contribution in [0.15, 0.2) is 10.8 Å². The lowest BCUT2D eigenvalue weighted by Gasteiger charge is -1.99. The summed E-state index contributed by atoms with van der Waals surface area (Å²) in [5.74, 6) is 0.201. The van der Waals surface area contributed by atoms with E-state index in [9.17, 15) is 4.79 Å². The highest BCUT2D eigenvalue weighted by atomic mass is 16.5. The number of rotatable bonds is 3. The number of nitrogens with one attached hydrogen (secondary N) is 1. The SMILES string of the molecule is COCC(=O)Nc1nocc1C. The lowest BCUT2D eigenvalue weighted by atomic mass is 10.4. The minimum atomic E-state index is -0.241. The molecule has 5 nitrogen and oxygen atoms in total. The van der Waals surface area contributed by atoms with Gasteiger partial charge in [0.15, 0.2) is 5.82 Å². The van der Waals surface area contributed by atoms with Crippen LogP contribution in [0.2, 0.25) is 0 Å². The topological polar surface area (TPSA) is 64.4 Å². The number of aryl methyl sites for hydroxylation is 1. The number of ether oxygens (including phenoxy) is 1. The van der Waals surface area contributed by atoms with Crippen LogP contribution in [0.3, 0.4) is 0 Å². The van der Waals surface area contributed by atoms with E-state index in [1.165, 1.54) is 13.4 Å². The molecule has 0 aliphatic carbocycles. The van der Waals surface area contributed by atoms with E-state index < -0.39 is 0 Å². The summed E-state index contributed by atoms with van der Waals surface area (Å²) in [6.07, 6.45) is 1.46.